The quantitative estimate of drug-likeness (QED) is 0.784. The van der Waals surface area contributed by atoms with Crippen LogP contribution in [-0.2, 0) is 21.0 Å². The van der Waals surface area contributed by atoms with Gasteiger partial charge in [0, 0.05) is 10.6 Å². The van der Waals surface area contributed by atoms with Crippen molar-refractivity contribution in [2.75, 3.05) is 12.9 Å². The van der Waals surface area contributed by atoms with Crippen LogP contribution in [0.2, 0.25) is 0 Å². The van der Waals surface area contributed by atoms with Gasteiger partial charge in [-0.15, -0.1) is 11.8 Å². The number of aryl methyl sites for hydroxylation is 1. The minimum Gasteiger partial charge on any atom is -0.465 e. The molecule has 1 heterocycles. The molecule has 104 valence electrons. The van der Waals surface area contributed by atoms with E-state index in [2.05, 4.69) is 0 Å². The lowest BCUT2D eigenvalue weighted by Gasteiger charge is -2.23. The smallest absolute Gasteiger partial charge is 0.338 e. The minimum absolute atomic E-state index is 0.258. The fourth-order valence-electron chi connectivity index (χ4n) is 2.04. The molecule has 1 aliphatic heterocycles. The van der Waals surface area contributed by atoms with Gasteiger partial charge < -0.3 is 4.74 Å². The van der Waals surface area contributed by atoms with Crippen molar-refractivity contribution in [2.45, 2.75) is 35.3 Å². The third kappa shape index (κ3) is 2.39. The number of methoxy groups -OCH3 is 1. The molecule has 0 N–H and O–H groups in total. The summed E-state index contributed by atoms with van der Waals surface area (Å²) in [5.41, 5.74) is 1.17. The maximum Gasteiger partial charge on any atom is 0.338 e. The first kappa shape index (κ1) is 14.4. The van der Waals surface area contributed by atoms with Gasteiger partial charge in [0.05, 0.1) is 22.8 Å². The van der Waals surface area contributed by atoms with Crippen molar-refractivity contribution in [3.63, 3.8) is 0 Å². The van der Waals surface area contributed by atoms with Crippen LogP contribution >= 0.6 is 11.8 Å². The molecule has 4 nitrogen and oxygen atoms in total. The molecule has 0 aromatic heterocycles. The third-order valence-corrected chi connectivity index (χ3v) is 7.10. The van der Waals surface area contributed by atoms with Crippen molar-refractivity contribution < 1.29 is 17.9 Å². The molecule has 0 radical (unpaired) electrons. The topological polar surface area (TPSA) is 60.4 Å². The van der Waals surface area contributed by atoms with Gasteiger partial charge in [-0.1, -0.05) is 6.92 Å². The van der Waals surface area contributed by atoms with Crippen LogP contribution in [0.15, 0.2) is 21.9 Å². The van der Waals surface area contributed by atoms with Crippen LogP contribution in [0.5, 0.6) is 0 Å². The average Bonchev–Trinajstić information content (AvgIpc) is 2.41. The zero-order valence-electron chi connectivity index (χ0n) is 11.1. The Labute approximate surface area is 117 Å². The third-order valence-electron chi connectivity index (χ3n) is 3.27. The number of thioether (sulfide) groups is 1. The molecule has 0 fully saturated rings. The molecule has 0 saturated heterocycles. The van der Waals surface area contributed by atoms with E-state index < -0.39 is 21.1 Å². The van der Waals surface area contributed by atoms with E-state index in [0.29, 0.717) is 17.7 Å². The maximum atomic E-state index is 12.3. The molecular weight excluding hydrogens is 284 g/mol. The van der Waals surface area contributed by atoms with Crippen LogP contribution in [-0.4, -0.2) is 32.5 Å². The highest BCUT2D eigenvalue weighted by Gasteiger charge is 2.32. The second-order valence-corrected chi connectivity index (χ2v) is 7.86. The Hall–Kier alpha value is -1.01. The van der Waals surface area contributed by atoms with E-state index >= 15 is 0 Å². The lowest BCUT2D eigenvalue weighted by Crippen LogP contribution is -2.25. The zero-order valence-corrected chi connectivity index (χ0v) is 12.7. The molecule has 0 saturated carbocycles. The lowest BCUT2D eigenvalue weighted by molar-refractivity contribution is 0.0599. The number of ether oxygens (including phenoxy) is 1. The van der Waals surface area contributed by atoms with Crippen LogP contribution < -0.4 is 0 Å². The van der Waals surface area contributed by atoms with Gasteiger partial charge in [0.1, 0.15) is 0 Å². The first-order valence-corrected chi connectivity index (χ1v) is 8.57. The Balaban J connectivity index is 2.68. The number of fused-ring (bicyclic) bond motifs is 1. The normalized spacial score (nSPS) is 20.7. The van der Waals surface area contributed by atoms with Gasteiger partial charge in [-0.2, -0.15) is 0 Å². The number of sulfone groups is 1. The van der Waals surface area contributed by atoms with Crippen LogP contribution in [0.25, 0.3) is 0 Å². The monoisotopic (exact) mass is 300 g/mol. The number of hydrogen-bond donors (Lipinski definition) is 0. The molecule has 0 spiro atoms. The minimum atomic E-state index is -3.34. The Bertz CT molecular complexity index is 620. The van der Waals surface area contributed by atoms with Crippen molar-refractivity contribution in [3.8, 4) is 0 Å². The number of carbonyl (C=O) groups excluding carboxylic acids is 1. The largest absolute Gasteiger partial charge is 0.465 e. The molecule has 0 amide bonds. The predicted octanol–water partition coefficient (Wildman–Crippen LogP) is 2.30. The summed E-state index contributed by atoms with van der Waals surface area (Å²) in [6.07, 6.45) is 0.661. The van der Waals surface area contributed by atoms with E-state index in [1.165, 1.54) is 24.9 Å². The SMILES string of the molecule is CCc1cc2c(cc1C(=O)OC)S(=O)(=O)C(C)CS2. The molecule has 1 unspecified atom stereocenters. The van der Waals surface area contributed by atoms with Gasteiger partial charge in [-0.05, 0) is 31.0 Å². The summed E-state index contributed by atoms with van der Waals surface area (Å²) in [4.78, 5) is 12.7. The van der Waals surface area contributed by atoms with Crippen LogP contribution in [0.3, 0.4) is 0 Å². The maximum absolute atomic E-state index is 12.3. The average molecular weight is 300 g/mol. The fourth-order valence-corrected chi connectivity index (χ4v) is 5.39. The van der Waals surface area contributed by atoms with Crippen molar-refractivity contribution >= 4 is 27.6 Å². The molecule has 1 aliphatic rings. The van der Waals surface area contributed by atoms with Crippen LogP contribution in [0.1, 0.15) is 29.8 Å². The van der Waals surface area contributed by atoms with Gasteiger partial charge in [0.2, 0.25) is 0 Å². The Kier molecular flexibility index (Phi) is 3.92. The van der Waals surface area contributed by atoms with E-state index in [4.69, 9.17) is 4.74 Å². The summed E-state index contributed by atoms with van der Waals surface area (Å²) < 4.78 is 29.3. The summed E-state index contributed by atoms with van der Waals surface area (Å²) in [6, 6.07) is 3.27. The predicted molar refractivity (Wildman–Crippen MR) is 74.5 cm³/mol. The van der Waals surface area contributed by atoms with E-state index in [1.54, 1.807) is 13.0 Å². The molecule has 2 rings (SSSR count). The molecule has 6 heteroatoms. The van der Waals surface area contributed by atoms with Crippen LogP contribution in [0, 0.1) is 0 Å². The second-order valence-electron chi connectivity index (χ2n) is 4.47. The molecule has 0 bridgehead atoms. The molecule has 19 heavy (non-hydrogen) atoms. The highest BCUT2D eigenvalue weighted by Crippen LogP contribution is 2.38. The van der Waals surface area contributed by atoms with Gasteiger partial charge in [-0.3, -0.25) is 0 Å². The molecular formula is C13H16O4S2. The Morgan fingerprint density at radius 1 is 1.47 bits per heavy atom. The number of benzene rings is 1. The molecule has 1 aromatic rings. The van der Waals surface area contributed by atoms with E-state index in [9.17, 15) is 13.2 Å². The van der Waals surface area contributed by atoms with Crippen molar-refractivity contribution in [1.29, 1.82) is 0 Å². The van der Waals surface area contributed by atoms with Gasteiger partial charge >= 0.3 is 5.97 Å². The second kappa shape index (κ2) is 5.17. The molecule has 1 atom stereocenters. The molecule has 0 aliphatic carbocycles. The first-order chi connectivity index (χ1) is 8.91. The van der Waals surface area contributed by atoms with Crippen molar-refractivity contribution in [2.24, 2.45) is 0 Å². The van der Waals surface area contributed by atoms with Gasteiger partial charge in [0.25, 0.3) is 0 Å². The van der Waals surface area contributed by atoms with Crippen molar-refractivity contribution in [3.05, 3.63) is 23.3 Å². The lowest BCUT2D eigenvalue weighted by atomic mass is 10.1. The number of carbonyl (C=O) groups is 1. The highest BCUT2D eigenvalue weighted by molar-refractivity contribution is 8.03. The fraction of sp³-hybridized carbons (Fsp3) is 0.462. The first-order valence-electron chi connectivity index (χ1n) is 6.03. The summed E-state index contributed by atoms with van der Waals surface area (Å²) in [6.45, 7) is 3.62. The number of rotatable bonds is 2. The number of esters is 1. The Morgan fingerprint density at radius 3 is 2.74 bits per heavy atom. The van der Waals surface area contributed by atoms with Crippen molar-refractivity contribution in [1.82, 2.24) is 0 Å². The summed E-state index contributed by atoms with van der Waals surface area (Å²) in [5, 5.41) is -0.428. The van der Waals surface area contributed by atoms with E-state index in [-0.39, 0.29) is 4.90 Å². The van der Waals surface area contributed by atoms with E-state index in [1.807, 2.05) is 6.92 Å². The standard InChI is InChI=1S/C13H16O4S2/c1-4-9-5-11-12(6-10(9)13(14)17-3)19(15,16)8(2)7-18-11/h5-6,8H,4,7H2,1-3H3. The summed E-state index contributed by atoms with van der Waals surface area (Å²) >= 11 is 1.53. The van der Waals surface area contributed by atoms with Gasteiger partial charge in [-0.25, -0.2) is 13.2 Å². The Morgan fingerprint density at radius 2 is 2.16 bits per heavy atom. The molecule has 1 aromatic carbocycles. The highest BCUT2D eigenvalue weighted by atomic mass is 32.2. The van der Waals surface area contributed by atoms with Gasteiger partial charge in [0.15, 0.2) is 9.84 Å². The number of hydrogen-bond acceptors (Lipinski definition) is 5. The summed E-state index contributed by atoms with van der Waals surface area (Å²) in [7, 11) is -2.04. The van der Waals surface area contributed by atoms with E-state index in [0.717, 1.165) is 10.5 Å². The zero-order chi connectivity index (χ0) is 14.2. The van der Waals surface area contributed by atoms with Crippen LogP contribution in [0.4, 0.5) is 0 Å². The summed E-state index contributed by atoms with van der Waals surface area (Å²) in [5.74, 6) is 0.0638.